The topological polar surface area (TPSA) is 198 Å². The molecule has 0 radical (unpaired) electrons. The standard InChI is InChI=1S/C32H14F6N2O4.C16H8Br2O2.C8H5BF3NO3.C4H8O/c1-40-22-11-10-16(13-24(22)44-32(36,37)38)19-5-3-7-21-26(19)28-27(30(21)42)25-18(4-2-6-20(25)29(28)41)15-8-9-17(14-39)23(12-15)43-31(33,34)35;17-9-5-1-3-7-11(9)13-14(15(7)19)12-8(16(13)20)4-2-6-10(12)18;10-8(11,12)16-7-3-6(9(14)15)2-1-5(7)4-13;1-2-4-5-3-1/h2-13,27-28H;1-6,13-14H;1-3,14-15H;1-4H2. The first-order chi connectivity index (χ1) is 40.2. The van der Waals surface area contributed by atoms with E-state index >= 15 is 0 Å². The molecule has 4 aliphatic carbocycles. The fraction of sp³-hybridized carbons (Fsp3) is 0.183. The summed E-state index contributed by atoms with van der Waals surface area (Å²) in [5.74, 6) is -5.95. The predicted molar refractivity (Wildman–Crippen MR) is 292 cm³/mol. The van der Waals surface area contributed by atoms with E-state index in [1.807, 2.05) is 36.4 Å². The molecule has 1 aliphatic heterocycles. The molecule has 1 saturated heterocycles. The van der Waals surface area contributed by atoms with Crippen LogP contribution in [0.3, 0.4) is 0 Å². The highest BCUT2D eigenvalue weighted by atomic mass is 79.9. The van der Waals surface area contributed by atoms with Gasteiger partial charge < -0.3 is 29.0 Å². The van der Waals surface area contributed by atoms with Gasteiger partial charge in [0.15, 0.2) is 23.1 Å². The van der Waals surface area contributed by atoms with Crippen molar-refractivity contribution in [3.05, 3.63) is 203 Å². The van der Waals surface area contributed by atoms with Crippen LogP contribution in [0.1, 0.15) is 111 Å². The summed E-state index contributed by atoms with van der Waals surface area (Å²) in [4.78, 5) is 56.2. The second-order valence-corrected chi connectivity index (χ2v) is 20.8. The fourth-order valence-electron chi connectivity index (χ4n) is 10.8. The third kappa shape index (κ3) is 12.5. The highest BCUT2D eigenvalue weighted by Crippen LogP contribution is 2.58. The van der Waals surface area contributed by atoms with Crippen LogP contribution in [0.4, 0.5) is 45.2 Å². The SMILES string of the molecule is C1CCOC1.N#Cc1ccc(B(O)O)cc1OC(F)(F)F.O=C1c2cccc(Br)c2C2C(=O)c3cccc(Br)c3C12.[C-]#[N+]c1ccc(-c2cccc3c2C2C(=O)c4cccc(-c5ccc(C#N)c(OC(F)(F)F)c5)c4C2C3=O)cc1OC(F)(F)F. The van der Waals surface area contributed by atoms with Gasteiger partial charge in [0.05, 0.1) is 41.4 Å². The fourth-order valence-corrected chi connectivity index (χ4v) is 12.0. The van der Waals surface area contributed by atoms with Gasteiger partial charge in [-0.1, -0.05) is 117 Å². The highest BCUT2D eigenvalue weighted by Gasteiger charge is 2.54. The number of ether oxygens (including phenoxy) is 4. The van der Waals surface area contributed by atoms with Gasteiger partial charge in [-0.15, -0.1) is 39.5 Å². The Morgan fingerprint density at radius 1 is 0.506 bits per heavy atom. The molecule has 4 unspecified atom stereocenters. The van der Waals surface area contributed by atoms with Crippen LogP contribution < -0.4 is 19.7 Å². The van der Waals surface area contributed by atoms with Crippen molar-refractivity contribution in [3.8, 4) is 51.6 Å². The molecule has 25 heteroatoms. The lowest BCUT2D eigenvalue weighted by molar-refractivity contribution is -0.275. The van der Waals surface area contributed by atoms with Crippen LogP contribution in [0, 0.1) is 29.2 Å². The number of rotatable bonds is 6. The number of nitriles is 2. The quantitative estimate of drug-likeness (QED) is 0.0909. The molecular weight excluding hydrogens is 1260 g/mol. The number of fused-ring (bicyclic) bond motifs is 10. The molecule has 7 aromatic carbocycles. The third-order valence-corrected chi connectivity index (χ3v) is 15.5. The summed E-state index contributed by atoms with van der Waals surface area (Å²) >= 11 is 6.97. The number of nitrogens with zero attached hydrogens (tertiary/aromatic N) is 3. The minimum Gasteiger partial charge on any atom is -0.423 e. The maximum Gasteiger partial charge on any atom is 0.573 e. The van der Waals surface area contributed by atoms with E-state index in [-0.39, 0.29) is 84.5 Å². The number of hydrogen-bond acceptors (Lipinski definition) is 12. The summed E-state index contributed by atoms with van der Waals surface area (Å²) in [6.45, 7) is 9.19. The summed E-state index contributed by atoms with van der Waals surface area (Å²) in [6, 6.07) is 33.3. The average Bonchev–Trinajstić information content (AvgIpc) is 2.09. The monoisotopic (exact) mass is 1300 g/mol. The van der Waals surface area contributed by atoms with Crippen LogP contribution in [0.25, 0.3) is 27.1 Å². The van der Waals surface area contributed by atoms with Gasteiger partial charge in [-0.2, -0.15) is 10.5 Å². The largest absolute Gasteiger partial charge is 0.573 e. The van der Waals surface area contributed by atoms with Gasteiger partial charge in [0.1, 0.15) is 29.4 Å². The number of halogens is 11. The number of alkyl halides is 9. The summed E-state index contributed by atoms with van der Waals surface area (Å²) in [5.41, 5.74) is 3.52. The summed E-state index contributed by atoms with van der Waals surface area (Å²) in [7, 11) is -1.93. The molecule has 1 heterocycles. The van der Waals surface area contributed by atoms with Crippen molar-refractivity contribution in [3.63, 3.8) is 0 Å². The van der Waals surface area contributed by atoms with Gasteiger partial charge in [-0.05, 0) is 105 Å². The second-order valence-electron chi connectivity index (χ2n) is 19.1. The van der Waals surface area contributed by atoms with Crippen molar-refractivity contribution in [1.29, 1.82) is 10.5 Å². The minimum atomic E-state index is -5.08. The Morgan fingerprint density at radius 2 is 0.859 bits per heavy atom. The minimum absolute atomic E-state index is 0.0466. The summed E-state index contributed by atoms with van der Waals surface area (Å²) < 4.78 is 133. The highest BCUT2D eigenvalue weighted by molar-refractivity contribution is 9.10. The lowest BCUT2D eigenvalue weighted by Crippen LogP contribution is -2.30. The van der Waals surface area contributed by atoms with Gasteiger partial charge in [0, 0.05) is 44.4 Å². The molecule has 13 nitrogen and oxygen atoms in total. The first-order valence-electron chi connectivity index (χ1n) is 25.1. The van der Waals surface area contributed by atoms with Crippen molar-refractivity contribution in [1.82, 2.24) is 0 Å². The molecular formula is C60H35BBr2F9N3O10. The van der Waals surface area contributed by atoms with E-state index in [4.69, 9.17) is 26.6 Å². The van der Waals surface area contributed by atoms with Gasteiger partial charge >= 0.3 is 26.2 Å². The molecule has 2 N–H and O–H groups in total. The molecule has 430 valence electrons. The van der Waals surface area contributed by atoms with Crippen molar-refractivity contribution < 1.29 is 87.7 Å². The van der Waals surface area contributed by atoms with E-state index in [9.17, 15) is 64.0 Å². The van der Waals surface area contributed by atoms with E-state index in [0.29, 0.717) is 11.1 Å². The maximum absolute atomic E-state index is 13.9. The zero-order valence-corrected chi connectivity index (χ0v) is 46.2. The molecule has 85 heavy (non-hydrogen) atoms. The number of hydrogen-bond donors (Lipinski definition) is 2. The van der Waals surface area contributed by atoms with E-state index < -0.39 is 72.5 Å². The smallest absolute Gasteiger partial charge is 0.423 e. The van der Waals surface area contributed by atoms with Gasteiger partial charge in [0.2, 0.25) is 5.69 Å². The van der Waals surface area contributed by atoms with Gasteiger partial charge in [-0.3, -0.25) is 19.2 Å². The molecule has 0 amide bonds. The van der Waals surface area contributed by atoms with Crippen LogP contribution in [-0.2, 0) is 4.74 Å². The molecule has 12 rings (SSSR count). The molecule has 5 aliphatic rings. The van der Waals surface area contributed by atoms with E-state index in [0.717, 1.165) is 75.8 Å². The molecule has 0 spiro atoms. The Morgan fingerprint density at radius 3 is 1.25 bits per heavy atom. The number of carbonyl (C=O) groups excluding carboxylic acids is 4. The van der Waals surface area contributed by atoms with Crippen molar-refractivity contribution in [2.24, 2.45) is 0 Å². The summed E-state index contributed by atoms with van der Waals surface area (Å²) in [5, 5.41) is 35.3. The Bertz CT molecular complexity index is 3800. The number of ketones is 4. The van der Waals surface area contributed by atoms with E-state index in [2.05, 4.69) is 50.9 Å². The van der Waals surface area contributed by atoms with Crippen LogP contribution >= 0.6 is 31.9 Å². The molecule has 4 atom stereocenters. The molecule has 0 bridgehead atoms. The lowest BCUT2D eigenvalue weighted by atomic mass is 9.80. The molecule has 7 aromatic rings. The van der Waals surface area contributed by atoms with Crippen molar-refractivity contribution >= 4 is 73.3 Å². The molecule has 0 saturated carbocycles. The zero-order chi connectivity index (χ0) is 61.4. The van der Waals surface area contributed by atoms with Crippen molar-refractivity contribution in [2.75, 3.05) is 13.2 Å². The third-order valence-electron chi connectivity index (χ3n) is 14.2. The second kappa shape index (κ2) is 24.2. The zero-order valence-electron chi connectivity index (χ0n) is 43.0. The van der Waals surface area contributed by atoms with E-state index in [1.54, 1.807) is 6.07 Å². The lowest BCUT2D eigenvalue weighted by Gasteiger charge is -2.16. The van der Waals surface area contributed by atoms with Gasteiger partial charge in [0.25, 0.3) is 0 Å². The number of Topliss-reactive ketones (excluding diaryl/α,β-unsaturated/α-hetero) is 4. The van der Waals surface area contributed by atoms with Crippen molar-refractivity contribution in [2.45, 2.75) is 55.6 Å². The molecule has 1 fully saturated rings. The molecule has 0 aromatic heterocycles. The number of benzene rings is 7. The first-order valence-corrected chi connectivity index (χ1v) is 26.6. The normalized spacial score (nSPS) is 17.5. The first kappa shape index (κ1) is 60.9. The van der Waals surface area contributed by atoms with Crippen LogP contribution in [0.15, 0.2) is 136 Å². The van der Waals surface area contributed by atoms with E-state index in [1.165, 1.54) is 67.4 Å². The Labute approximate surface area is 493 Å². The van der Waals surface area contributed by atoms with Crippen LogP contribution in [0.5, 0.6) is 17.2 Å². The Hall–Kier alpha value is -8.64. The maximum atomic E-state index is 13.9. The van der Waals surface area contributed by atoms with Gasteiger partial charge in [-0.25, -0.2) is 4.85 Å². The van der Waals surface area contributed by atoms with Crippen LogP contribution in [-0.4, -0.2) is 72.6 Å². The summed E-state index contributed by atoms with van der Waals surface area (Å²) in [6.07, 6.45) is -12.5. The predicted octanol–water partition coefficient (Wildman–Crippen LogP) is 13.9. The Kier molecular flexibility index (Phi) is 17.3. The average molecular weight is 1300 g/mol. The number of carbonyl (C=O) groups is 4. The Balaban J connectivity index is 0.000000171. The van der Waals surface area contributed by atoms with Crippen LogP contribution in [0.2, 0.25) is 0 Å².